The van der Waals surface area contributed by atoms with Gasteiger partial charge in [-0.25, -0.2) is 0 Å². The van der Waals surface area contributed by atoms with Crippen LogP contribution >= 0.6 is 0 Å². The summed E-state index contributed by atoms with van der Waals surface area (Å²) in [5, 5.41) is 12.4. The van der Waals surface area contributed by atoms with Crippen LogP contribution in [0.5, 0.6) is 0 Å². The van der Waals surface area contributed by atoms with E-state index in [0.29, 0.717) is 5.69 Å². The van der Waals surface area contributed by atoms with Crippen LogP contribution in [0.2, 0.25) is 0 Å². The zero-order valence-corrected chi connectivity index (χ0v) is 17.5. The zero-order valence-electron chi connectivity index (χ0n) is 17.5. The molecule has 29 heavy (non-hydrogen) atoms. The van der Waals surface area contributed by atoms with Crippen molar-refractivity contribution < 1.29 is 4.79 Å². The Morgan fingerprint density at radius 1 is 1.00 bits per heavy atom. The molecule has 0 aliphatic carbocycles. The molecule has 2 aromatic carbocycles. The number of nitrogens with zero attached hydrogens (tertiary/aromatic N) is 2. The molecule has 1 N–H and O–H groups in total. The molecule has 0 fully saturated rings. The third-order valence-electron chi connectivity index (χ3n) is 5.16. The first-order chi connectivity index (χ1) is 13.8. The Bertz CT molecular complexity index is 1160. The van der Waals surface area contributed by atoms with Gasteiger partial charge in [0.05, 0.1) is 0 Å². The van der Waals surface area contributed by atoms with Gasteiger partial charge in [-0.15, -0.1) is 0 Å². The van der Waals surface area contributed by atoms with Crippen LogP contribution in [0.25, 0.3) is 11.8 Å². The van der Waals surface area contributed by atoms with E-state index in [2.05, 4.69) is 41.9 Å². The summed E-state index contributed by atoms with van der Waals surface area (Å²) in [4.78, 5) is 12.6. The Hall–Kier alpha value is -3.58. The molecule has 0 unspecified atom stereocenters. The molecular formula is C25H25N3O. The van der Waals surface area contributed by atoms with Gasteiger partial charge in [0.15, 0.2) is 0 Å². The van der Waals surface area contributed by atoms with Crippen molar-refractivity contribution in [3.8, 4) is 11.8 Å². The molecule has 146 valence electrons. The Balaban J connectivity index is 1.95. The van der Waals surface area contributed by atoms with E-state index in [1.54, 1.807) is 6.08 Å². The summed E-state index contributed by atoms with van der Waals surface area (Å²) in [7, 11) is 0. The third-order valence-corrected chi connectivity index (χ3v) is 5.16. The zero-order chi connectivity index (χ0) is 21.1. The van der Waals surface area contributed by atoms with Gasteiger partial charge >= 0.3 is 0 Å². The molecule has 0 aliphatic rings. The van der Waals surface area contributed by atoms with E-state index in [1.807, 2.05) is 57.2 Å². The highest BCUT2D eigenvalue weighted by Gasteiger charge is 2.14. The van der Waals surface area contributed by atoms with Crippen LogP contribution < -0.4 is 5.32 Å². The minimum absolute atomic E-state index is 0.0758. The lowest BCUT2D eigenvalue weighted by molar-refractivity contribution is -0.112. The van der Waals surface area contributed by atoms with Crippen molar-refractivity contribution in [3.63, 3.8) is 0 Å². The van der Waals surface area contributed by atoms with Crippen LogP contribution in [0.1, 0.15) is 33.6 Å². The first kappa shape index (κ1) is 20.2. The number of rotatable bonds is 4. The van der Waals surface area contributed by atoms with Gasteiger partial charge in [-0.3, -0.25) is 4.79 Å². The summed E-state index contributed by atoms with van der Waals surface area (Å²) < 4.78 is 2.14. The minimum Gasteiger partial charge on any atom is -0.321 e. The largest absolute Gasteiger partial charge is 0.321 e. The van der Waals surface area contributed by atoms with E-state index >= 15 is 0 Å². The number of aromatic nitrogens is 1. The van der Waals surface area contributed by atoms with Gasteiger partial charge in [-0.2, -0.15) is 5.26 Å². The molecular weight excluding hydrogens is 358 g/mol. The van der Waals surface area contributed by atoms with Crippen LogP contribution in [0.4, 0.5) is 5.69 Å². The fourth-order valence-electron chi connectivity index (χ4n) is 3.42. The molecule has 0 saturated carbocycles. The lowest BCUT2D eigenvalue weighted by Gasteiger charge is -2.12. The molecule has 3 rings (SSSR count). The maximum Gasteiger partial charge on any atom is 0.266 e. The van der Waals surface area contributed by atoms with Gasteiger partial charge in [0.25, 0.3) is 5.91 Å². The van der Waals surface area contributed by atoms with Crippen molar-refractivity contribution in [1.82, 2.24) is 4.57 Å². The first-order valence-electron chi connectivity index (χ1n) is 9.56. The summed E-state index contributed by atoms with van der Waals surface area (Å²) in [6, 6.07) is 17.9. The number of anilines is 1. The molecule has 1 aromatic heterocycles. The normalized spacial score (nSPS) is 11.2. The Morgan fingerprint density at radius 2 is 1.76 bits per heavy atom. The molecule has 1 amide bonds. The fraction of sp³-hybridized carbons (Fsp3) is 0.200. The molecule has 0 aliphatic heterocycles. The van der Waals surface area contributed by atoms with Gasteiger partial charge in [-0.1, -0.05) is 18.2 Å². The number of amides is 1. The fourth-order valence-corrected chi connectivity index (χ4v) is 3.42. The number of carbonyl (C=O) groups is 1. The summed E-state index contributed by atoms with van der Waals surface area (Å²) in [6.07, 6.45) is 1.66. The highest BCUT2D eigenvalue weighted by Crippen LogP contribution is 2.24. The Kier molecular flexibility index (Phi) is 5.70. The van der Waals surface area contributed by atoms with E-state index in [0.717, 1.165) is 28.2 Å². The quantitative estimate of drug-likeness (QED) is 0.473. The van der Waals surface area contributed by atoms with Crippen molar-refractivity contribution in [1.29, 1.82) is 5.26 Å². The van der Waals surface area contributed by atoms with E-state index < -0.39 is 5.91 Å². The molecule has 1 heterocycles. The average molecular weight is 383 g/mol. The summed E-state index contributed by atoms with van der Waals surface area (Å²) >= 11 is 0. The van der Waals surface area contributed by atoms with E-state index in [1.165, 1.54) is 11.1 Å². The van der Waals surface area contributed by atoms with Gasteiger partial charge in [0.2, 0.25) is 0 Å². The minimum atomic E-state index is -0.408. The van der Waals surface area contributed by atoms with Gasteiger partial charge in [-0.05, 0) is 93.3 Å². The van der Waals surface area contributed by atoms with Crippen molar-refractivity contribution in [3.05, 3.63) is 87.7 Å². The van der Waals surface area contributed by atoms with Crippen LogP contribution in [-0.4, -0.2) is 10.5 Å². The Labute approximate surface area is 172 Å². The molecule has 4 heteroatoms. The average Bonchev–Trinajstić information content (AvgIpc) is 2.95. The lowest BCUT2D eigenvalue weighted by Crippen LogP contribution is -2.13. The Morgan fingerprint density at radius 3 is 2.41 bits per heavy atom. The maximum atomic E-state index is 12.6. The molecule has 0 spiro atoms. The molecule has 0 radical (unpaired) electrons. The van der Waals surface area contributed by atoms with Gasteiger partial charge in [0.1, 0.15) is 11.6 Å². The topological polar surface area (TPSA) is 57.8 Å². The van der Waals surface area contributed by atoms with Crippen LogP contribution in [-0.2, 0) is 4.79 Å². The summed E-state index contributed by atoms with van der Waals surface area (Å²) in [5.74, 6) is -0.408. The standard InChI is InChI=1S/C25H25N3O/c1-16-7-6-8-23(11-16)27-25(29)22(15-26)14-21-13-19(4)28(20(21)5)24-10-9-17(2)18(3)12-24/h6-14H,1-5H3,(H,27,29). The van der Waals surface area contributed by atoms with Crippen molar-refractivity contribution in [2.24, 2.45) is 0 Å². The van der Waals surface area contributed by atoms with Crippen molar-refractivity contribution in [2.45, 2.75) is 34.6 Å². The number of carbonyl (C=O) groups excluding carboxylic acids is 1. The van der Waals surface area contributed by atoms with Gasteiger partial charge in [0, 0.05) is 22.8 Å². The number of hydrogen-bond acceptors (Lipinski definition) is 2. The number of hydrogen-bond donors (Lipinski definition) is 1. The molecule has 0 bridgehead atoms. The number of benzene rings is 2. The van der Waals surface area contributed by atoms with Crippen LogP contribution in [0.15, 0.2) is 54.1 Å². The molecule has 3 aromatic rings. The van der Waals surface area contributed by atoms with Crippen molar-refractivity contribution >= 4 is 17.7 Å². The predicted octanol–water partition coefficient (Wildman–Crippen LogP) is 5.57. The van der Waals surface area contributed by atoms with E-state index in [-0.39, 0.29) is 5.57 Å². The van der Waals surface area contributed by atoms with Gasteiger partial charge < -0.3 is 9.88 Å². The smallest absolute Gasteiger partial charge is 0.266 e. The second kappa shape index (κ2) is 8.20. The first-order valence-corrected chi connectivity index (χ1v) is 9.56. The van der Waals surface area contributed by atoms with Crippen LogP contribution in [0.3, 0.4) is 0 Å². The highest BCUT2D eigenvalue weighted by molar-refractivity contribution is 6.09. The summed E-state index contributed by atoms with van der Waals surface area (Å²) in [6.45, 7) is 10.2. The van der Waals surface area contributed by atoms with E-state index in [4.69, 9.17) is 0 Å². The highest BCUT2D eigenvalue weighted by atomic mass is 16.1. The second-order valence-electron chi connectivity index (χ2n) is 7.42. The number of nitriles is 1. The summed E-state index contributed by atoms with van der Waals surface area (Å²) in [5.41, 5.74) is 8.24. The number of nitrogens with one attached hydrogen (secondary N) is 1. The monoisotopic (exact) mass is 383 g/mol. The third kappa shape index (κ3) is 4.30. The van der Waals surface area contributed by atoms with Crippen molar-refractivity contribution in [2.75, 3.05) is 5.32 Å². The predicted molar refractivity (Wildman–Crippen MR) is 118 cm³/mol. The second-order valence-corrected chi connectivity index (χ2v) is 7.42. The van der Waals surface area contributed by atoms with Crippen LogP contribution in [0, 0.1) is 45.9 Å². The van der Waals surface area contributed by atoms with E-state index in [9.17, 15) is 10.1 Å². The molecule has 0 saturated heterocycles. The lowest BCUT2D eigenvalue weighted by atomic mass is 10.1. The number of aryl methyl sites for hydroxylation is 4. The maximum absolute atomic E-state index is 12.6. The SMILES string of the molecule is Cc1cccc(NC(=O)C(C#N)=Cc2cc(C)n(-c3ccc(C)c(C)c3)c2C)c1. The molecule has 4 nitrogen and oxygen atoms in total. The molecule has 0 atom stereocenters.